The molecule has 0 fully saturated rings. The lowest BCUT2D eigenvalue weighted by Crippen LogP contribution is -2.19. The molecule has 6 heteroatoms. The predicted octanol–water partition coefficient (Wildman–Crippen LogP) is 1.96. The number of rotatable bonds is 4. The van der Waals surface area contributed by atoms with Crippen molar-refractivity contribution in [2.75, 3.05) is 0 Å². The van der Waals surface area contributed by atoms with Gasteiger partial charge in [-0.1, -0.05) is 0 Å². The summed E-state index contributed by atoms with van der Waals surface area (Å²) in [6.45, 7) is 0. The minimum atomic E-state index is -2.35. The quantitative estimate of drug-likeness (QED) is 0.807. The molecule has 0 saturated carbocycles. The highest BCUT2D eigenvalue weighted by Crippen LogP contribution is 2.12. The van der Waals surface area contributed by atoms with E-state index in [0.29, 0.717) is 6.07 Å². The Morgan fingerprint density at radius 3 is 2.38 bits per heavy atom. The lowest BCUT2D eigenvalue weighted by Gasteiger charge is -2.03. The number of Topliss-reactive ketones (excluding diaryl/α,β-unsaturated/α-hetero) is 1. The van der Waals surface area contributed by atoms with E-state index in [2.05, 4.69) is 0 Å². The number of benzene rings is 1. The van der Waals surface area contributed by atoms with Gasteiger partial charge in [0.25, 0.3) is 0 Å². The Bertz CT molecular complexity index is 431. The molecule has 3 nitrogen and oxygen atoms in total. The largest absolute Gasteiger partial charge is 0.479 e. The smallest absolute Gasteiger partial charge is 0.338 e. The van der Waals surface area contributed by atoms with Gasteiger partial charge in [0, 0.05) is 5.56 Å². The van der Waals surface area contributed by atoms with Crippen molar-refractivity contribution < 1.29 is 27.9 Å². The van der Waals surface area contributed by atoms with Crippen LogP contribution in [0.15, 0.2) is 18.2 Å². The first kappa shape index (κ1) is 12.2. The molecule has 0 aliphatic carbocycles. The Morgan fingerprint density at radius 1 is 1.25 bits per heavy atom. The number of carboxylic acid groups (broad SMARTS) is 1. The van der Waals surface area contributed by atoms with E-state index < -0.39 is 36.0 Å². The van der Waals surface area contributed by atoms with Crippen LogP contribution in [-0.2, 0) is 4.79 Å². The monoisotopic (exact) mass is 232 g/mol. The van der Waals surface area contributed by atoms with Crippen molar-refractivity contribution >= 4 is 11.8 Å². The molecule has 0 aliphatic heterocycles. The second-order valence-corrected chi connectivity index (χ2v) is 3.06. The zero-order chi connectivity index (χ0) is 12.3. The number of halogens is 3. The number of carboxylic acids is 1. The fourth-order valence-electron chi connectivity index (χ4n) is 1.04. The van der Waals surface area contributed by atoms with Gasteiger partial charge in [0.05, 0.1) is 6.42 Å². The molecule has 0 radical (unpaired) electrons. The molecule has 0 amide bonds. The van der Waals surface area contributed by atoms with Crippen LogP contribution in [0.25, 0.3) is 0 Å². The third kappa shape index (κ3) is 2.82. The number of hydrogen-bond acceptors (Lipinski definition) is 2. The molecule has 0 saturated heterocycles. The Labute approximate surface area is 88.5 Å². The molecule has 0 spiro atoms. The molecule has 0 heterocycles. The number of hydrogen-bond donors (Lipinski definition) is 1. The maximum atomic E-state index is 12.7. The van der Waals surface area contributed by atoms with Crippen LogP contribution in [0.2, 0.25) is 0 Å². The van der Waals surface area contributed by atoms with Crippen LogP contribution < -0.4 is 0 Å². The summed E-state index contributed by atoms with van der Waals surface area (Å²) in [6, 6.07) is 2.29. The Hall–Kier alpha value is -1.85. The van der Waals surface area contributed by atoms with E-state index in [1.54, 1.807) is 0 Å². The first-order valence-electron chi connectivity index (χ1n) is 4.27. The minimum absolute atomic E-state index is 0.261. The normalized spacial score (nSPS) is 12.2. The summed E-state index contributed by atoms with van der Waals surface area (Å²) in [5.41, 5.74) is -0.261. The Morgan fingerprint density at radius 2 is 1.88 bits per heavy atom. The molecule has 1 aromatic rings. The summed E-state index contributed by atoms with van der Waals surface area (Å²) in [5, 5.41) is 8.22. The molecule has 0 aliphatic rings. The Balaban J connectivity index is 2.81. The molecule has 86 valence electrons. The third-order valence-electron chi connectivity index (χ3n) is 1.87. The molecule has 0 aromatic heterocycles. The van der Waals surface area contributed by atoms with E-state index in [1.165, 1.54) is 0 Å². The van der Waals surface area contributed by atoms with Crippen molar-refractivity contribution in [1.82, 2.24) is 0 Å². The maximum Gasteiger partial charge on any atom is 0.338 e. The zero-order valence-corrected chi connectivity index (χ0v) is 7.91. The molecular weight excluding hydrogens is 225 g/mol. The van der Waals surface area contributed by atoms with E-state index in [4.69, 9.17) is 5.11 Å². The summed E-state index contributed by atoms with van der Waals surface area (Å²) in [6.07, 6.45) is -3.25. The van der Waals surface area contributed by atoms with Gasteiger partial charge in [-0.25, -0.2) is 18.0 Å². The van der Waals surface area contributed by atoms with Crippen molar-refractivity contribution in [1.29, 1.82) is 0 Å². The van der Waals surface area contributed by atoms with E-state index in [9.17, 15) is 22.8 Å². The van der Waals surface area contributed by atoms with Crippen molar-refractivity contribution in [3.63, 3.8) is 0 Å². The number of aliphatic carboxylic acids is 1. The second-order valence-electron chi connectivity index (χ2n) is 3.06. The van der Waals surface area contributed by atoms with Crippen molar-refractivity contribution in [3.05, 3.63) is 35.4 Å². The SMILES string of the molecule is O=C(C[C@H](F)C(=O)O)c1ccc(F)c(F)c1. The number of ketones is 1. The van der Waals surface area contributed by atoms with Crippen LogP contribution >= 0.6 is 0 Å². The van der Waals surface area contributed by atoms with Gasteiger partial charge in [0.1, 0.15) is 0 Å². The van der Waals surface area contributed by atoms with Crippen LogP contribution in [0.1, 0.15) is 16.8 Å². The first-order valence-corrected chi connectivity index (χ1v) is 4.27. The highest BCUT2D eigenvalue weighted by molar-refractivity contribution is 5.98. The molecular formula is C10H7F3O3. The van der Waals surface area contributed by atoms with E-state index in [-0.39, 0.29) is 5.56 Å². The standard InChI is InChI=1S/C10H7F3O3/c11-6-2-1-5(3-7(6)12)9(14)4-8(13)10(15)16/h1-3,8H,4H2,(H,15,16)/t8-/m0/s1. The molecule has 0 bridgehead atoms. The van der Waals surface area contributed by atoms with Crippen molar-refractivity contribution in [2.24, 2.45) is 0 Å². The minimum Gasteiger partial charge on any atom is -0.479 e. The lowest BCUT2D eigenvalue weighted by atomic mass is 10.1. The predicted molar refractivity (Wildman–Crippen MR) is 47.8 cm³/mol. The van der Waals surface area contributed by atoms with E-state index >= 15 is 0 Å². The summed E-state index contributed by atoms with van der Waals surface area (Å²) >= 11 is 0. The van der Waals surface area contributed by atoms with E-state index in [1.807, 2.05) is 0 Å². The molecule has 0 unspecified atom stereocenters. The number of carbonyl (C=O) groups is 2. The fraction of sp³-hybridized carbons (Fsp3) is 0.200. The zero-order valence-electron chi connectivity index (χ0n) is 7.91. The van der Waals surface area contributed by atoms with Gasteiger partial charge >= 0.3 is 5.97 Å². The maximum absolute atomic E-state index is 12.7. The number of carbonyl (C=O) groups excluding carboxylic acids is 1. The summed E-state index contributed by atoms with van der Waals surface area (Å²) < 4.78 is 37.8. The van der Waals surface area contributed by atoms with Gasteiger partial charge in [-0.05, 0) is 18.2 Å². The highest BCUT2D eigenvalue weighted by Gasteiger charge is 2.21. The second kappa shape index (κ2) is 4.78. The van der Waals surface area contributed by atoms with Crippen LogP contribution in [-0.4, -0.2) is 23.0 Å². The Kier molecular flexibility index (Phi) is 3.65. The first-order chi connectivity index (χ1) is 7.41. The van der Waals surface area contributed by atoms with Gasteiger partial charge in [-0.2, -0.15) is 0 Å². The molecule has 1 aromatic carbocycles. The third-order valence-corrected chi connectivity index (χ3v) is 1.87. The average molecular weight is 232 g/mol. The fourth-order valence-corrected chi connectivity index (χ4v) is 1.04. The molecule has 16 heavy (non-hydrogen) atoms. The summed E-state index contributed by atoms with van der Waals surface area (Å²) in [4.78, 5) is 21.4. The molecule has 1 rings (SSSR count). The van der Waals surface area contributed by atoms with Crippen LogP contribution in [0.3, 0.4) is 0 Å². The van der Waals surface area contributed by atoms with Gasteiger partial charge in [0.15, 0.2) is 17.4 Å². The summed E-state index contributed by atoms with van der Waals surface area (Å²) in [5.74, 6) is -5.03. The van der Waals surface area contributed by atoms with Gasteiger partial charge < -0.3 is 5.11 Å². The van der Waals surface area contributed by atoms with Gasteiger partial charge in [-0.3, -0.25) is 4.79 Å². The summed E-state index contributed by atoms with van der Waals surface area (Å²) in [7, 11) is 0. The van der Waals surface area contributed by atoms with Crippen LogP contribution in [0.5, 0.6) is 0 Å². The lowest BCUT2D eigenvalue weighted by molar-refractivity contribution is -0.142. The highest BCUT2D eigenvalue weighted by atomic mass is 19.2. The van der Waals surface area contributed by atoms with E-state index in [0.717, 1.165) is 12.1 Å². The van der Waals surface area contributed by atoms with Gasteiger partial charge in [-0.15, -0.1) is 0 Å². The van der Waals surface area contributed by atoms with Crippen molar-refractivity contribution in [2.45, 2.75) is 12.6 Å². The van der Waals surface area contributed by atoms with Gasteiger partial charge in [0.2, 0.25) is 6.17 Å². The topological polar surface area (TPSA) is 54.4 Å². The molecule has 1 N–H and O–H groups in total. The number of alkyl halides is 1. The van der Waals surface area contributed by atoms with Crippen LogP contribution in [0, 0.1) is 11.6 Å². The average Bonchev–Trinajstić information content (AvgIpc) is 2.21. The van der Waals surface area contributed by atoms with Crippen molar-refractivity contribution in [3.8, 4) is 0 Å². The molecule has 1 atom stereocenters. The van der Waals surface area contributed by atoms with Crippen LogP contribution in [0.4, 0.5) is 13.2 Å².